The van der Waals surface area contributed by atoms with Gasteiger partial charge in [-0.15, -0.1) is 0 Å². The Morgan fingerprint density at radius 3 is 2.61 bits per heavy atom. The molecule has 0 unspecified atom stereocenters. The van der Waals surface area contributed by atoms with Gasteiger partial charge in [-0.05, 0) is 24.3 Å². The zero-order valence-corrected chi connectivity index (χ0v) is 10.3. The first-order chi connectivity index (χ1) is 8.68. The number of rotatable bonds is 1. The minimum Gasteiger partial charge on any atom is -0.327 e. The van der Waals surface area contributed by atoms with Crippen LogP contribution in [0.3, 0.4) is 0 Å². The predicted molar refractivity (Wildman–Crippen MR) is 71.4 cm³/mol. The molecule has 0 aliphatic heterocycles. The van der Waals surface area contributed by atoms with Gasteiger partial charge in [0.1, 0.15) is 5.82 Å². The lowest BCUT2D eigenvalue weighted by molar-refractivity contribution is 0.854. The minimum atomic E-state index is -0.0316. The Morgan fingerprint density at radius 2 is 1.83 bits per heavy atom. The van der Waals surface area contributed by atoms with Gasteiger partial charge in [-0.3, -0.25) is 4.79 Å². The van der Waals surface area contributed by atoms with Crippen LogP contribution in [0.15, 0.2) is 47.4 Å². The van der Waals surface area contributed by atoms with Crippen molar-refractivity contribution in [3.05, 3.63) is 52.9 Å². The minimum absolute atomic E-state index is 0.0316. The average molecular weight is 239 g/mol. The summed E-state index contributed by atoms with van der Waals surface area (Å²) in [5.41, 5.74) is 2.52. The molecule has 0 saturated heterocycles. The molecule has 2 heterocycles. The van der Waals surface area contributed by atoms with Crippen LogP contribution in [0.25, 0.3) is 22.4 Å². The van der Waals surface area contributed by atoms with Gasteiger partial charge in [0.05, 0.1) is 16.6 Å². The molecule has 0 spiro atoms. The lowest BCUT2D eigenvalue weighted by atomic mass is 10.2. The Balaban J connectivity index is 2.36. The third-order valence-electron chi connectivity index (χ3n) is 3.15. The largest absolute Gasteiger partial charge is 0.327 e. The van der Waals surface area contributed by atoms with Crippen molar-refractivity contribution < 1.29 is 0 Å². The number of hydrogen-bond acceptors (Lipinski definition) is 2. The number of nitrogens with zero attached hydrogens (tertiary/aromatic N) is 3. The van der Waals surface area contributed by atoms with Crippen LogP contribution < -0.4 is 5.56 Å². The van der Waals surface area contributed by atoms with Gasteiger partial charge < -0.3 is 9.13 Å². The molecule has 0 aliphatic rings. The number of pyridine rings is 1. The van der Waals surface area contributed by atoms with Crippen LogP contribution >= 0.6 is 0 Å². The molecular weight excluding hydrogens is 226 g/mol. The number of aryl methyl sites for hydroxylation is 2. The van der Waals surface area contributed by atoms with E-state index in [-0.39, 0.29) is 5.56 Å². The third-order valence-corrected chi connectivity index (χ3v) is 3.15. The SMILES string of the molecule is Cn1cccc(-c2nc3ccccc3n2C)c1=O. The van der Waals surface area contributed by atoms with Crippen molar-refractivity contribution in [1.82, 2.24) is 14.1 Å². The maximum Gasteiger partial charge on any atom is 0.261 e. The monoisotopic (exact) mass is 239 g/mol. The summed E-state index contributed by atoms with van der Waals surface area (Å²) in [5.74, 6) is 0.706. The summed E-state index contributed by atoms with van der Waals surface area (Å²) in [6.07, 6.45) is 1.74. The normalized spacial score (nSPS) is 11.0. The number of para-hydroxylation sites is 2. The summed E-state index contributed by atoms with van der Waals surface area (Å²) < 4.78 is 3.51. The highest BCUT2D eigenvalue weighted by atomic mass is 16.1. The van der Waals surface area contributed by atoms with E-state index in [1.165, 1.54) is 0 Å². The van der Waals surface area contributed by atoms with Crippen molar-refractivity contribution >= 4 is 11.0 Å². The Kier molecular flexibility index (Phi) is 2.30. The number of imidazole rings is 1. The quantitative estimate of drug-likeness (QED) is 0.651. The van der Waals surface area contributed by atoms with Crippen molar-refractivity contribution in [3.8, 4) is 11.4 Å². The second-order valence-electron chi connectivity index (χ2n) is 4.32. The van der Waals surface area contributed by atoms with E-state index in [1.54, 1.807) is 17.8 Å². The van der Waals surface area contributed by atoms with E-state index < -0.39 is 0 Å². The smallest absolute Gasteiger partial charge is 0.261 e. The third kappa shape index (κ3) is 1.46. The van der Waals surface area contributed by atoms with Gasteiger partial charge >= 0.3 is 0 Å². The Morgan fingerprint density at radius 1 is 1.06 bits per heavy atom. The zero-order chi connectivity index (χ0) is 12.7. The van der Waals surface area contributed by atoms with Crippen LogP contribution in [-0.2, 0) is 14.1 Å². The standard InChI is InChI=1S/C14H13N3O/c1-16-9-5-6-10(14(16)18)13-15-11-7-3-4-8-12(11)17(13)2/h3-9H,1-2H3. The van der Waals surface area contributed by atoms with Crippen LogP contribution in [0.1, 0.15) is 0 Å². The van der Waals surface area contributed by atoms with E-state index in [1.807, 2.05) is 48.0 Å². The topological polar surface area (TPSA) is 39.8 Å². The van der Waals surface area contributed by atoms with Gasteiger partial charge in [-0.25, -0.2) is 4.98 Å². The molecule has 90 valence electrons. The first kappa shape index (κ1) is 10.8. The molecule has 0 bridgehead atoms. The summed E-state index contributed by atoms with van der Waals surface area (Å²) >= 11 is 0. The number of benzene rings is 1. The number of aromatic nitrogens is 3. The van der Waals surface area contributed by atoms with Crippen molar-refractivity contribution in [2.24, 2.45) is 14.1 Å². The fourth-order valence-electron chi connectivity index (χ4n) is 2.15. The van der Waals surface area contributed by atoms with Gasteiger partial charge in [0.25, 0.3) is 5.56 Å². The number of fused-ring (bicyclic) bond motifs is 1. The van der Waals surface area contributed by atoms with Crippen molar-refractivity contribution in [3.63, 3.8) is 0 Å². The molecule has 0 N–H and O–H groups in total. The molecule has 0 fully saturated rings. The van der Waals surface area contributed by atoms with Crippen LogP contribution in [0.5, 0.6) is 0 Å². The fraction of sp³-hybridized carbons (Fsp3) is 0.143. The first-order valence-electron chi connectivity index (χ1n) is 5.76. The fourth-order valence-corrected chi connectivity index (χ4v) is 2.15. The highest BCUT2D eigenvalue weighted by Crippen LogP contribution is 2.20. The second kappa shape index (κ2) is 3.84. The molecule has 18 heavy (non-hydrogen) atoms. The lowest BCUT2D eigenvalue weighted by Gasteiger charge is -2.03. The van der Waals surface area contributed by atoms with Crippen LogP contribution in [0.4, 0.5) is 0 Å². The molecule has 0 amide bonds. The molecule has 3 rings (SSSR count). The molecular formula is C14H13N3O. The van der Waals surface area contributed by atoms with Crippen LogP contribution in [-0.4, -0.2) is 14.1 Å². The number of hydrogen-bond donors (Lipinski definition) is 0. The summed E-state index contributed by atoms with van der Waals surface area (Å²) in [4.78, 5) is 16.6. The van der Waals surface area contributed by atoms with Gasteiger partial charge in [0.15, 0.2) is 0 Å². The summed E-state index contributed by atoms with van der Waals surface area (Å²) in [7, 11) is 3.67. The maximum atomic E-state index is 12.1. The Hall–Kier alpha value is -2.36. The molecule has 0 aliphatic carbocycles. The molecule has 4 heteroatoms. The molecule has 0 atom stereocenters. The van der Waals surface area contributed by atoms with Crippen molar-refractivity contribution in [1.29, 1.82) is 0 Å². The zero-order valence-electron chi connectivity index (χ0n) is 10.3. The first-order valence-corrected chi connectivity index (χ1v) is 5.76. The molecule has 1 aromatic carbocycles. The van der Waals surface area contributed by atoms with E-state index in [9.17, 15) is 4.79 Å². The summed E-state index contributed by atoms with van der Waals surface area (Å²) in [6.45, 7) is 0. The average Bonchev–Trinajstić information content (AvgIpc) is 2.71. The van der Waals surface area contributed by atoms with Gasteiger partial charge in [0, 0.05) is 20.3 Å². The van der Waals surface area contributed by atoms with Gasteiger partial charge in [-0.2, -0.15) is 0 Å². The highest BCUT2D eigenvalue weighted by molar-refractivity contribution is 5.80. The van der Waals surface area contributed by atoms with Crippen LogP contribution in [0, 0.1) is 0 Å². The van der Waals surface area contributed by atoms with E-state index in [2.05, 4.69) is 4.98 Å². The van der Waals surface area contributed by atoms with E-state index in [0.717, 1.165) is 11.0 Å². The summed E-state index contributed by atoms with van der Waals surface area (Å²) in [6, 6.07) is 11.5. The van der Waals surface area contributed by atoms with E-state index >= 15 is 0 Å². The predicted octanol–water partition coefficient (Wildman–Crippen LogP) is 1.94. The maximum absolute atomic E-state index is 12.1. The van der Waals surface area contributed by atoms with Gasteiger partial charge in [-0.1, -0.05) is 12.1 Å². The highest BCUT2D eigenvalue weighted by Gasteiger charge is 2.12. The Labute approximate surface area is 104 Å². The lowest BCUT2D eigenvalue weighted by Crippen LogP contribution is -2.18. The van der Waals surface area contributed by atoms with E-state index in [0.29, 0.717) is 11.4 Å². The summed E-state index contributed by atoms with van der Waals surface area (Å²) in [5, 5.41) is 0. The Bertz CT molecular complexity index is 783. The van der Waals surface area contributed by atoms with E-state index in [4.69, 9.17) is 0 Å². The van der Waals surface area contributed by atoms with Crippen molar-refractivity contribution in [2.75, 3.05) is 0 Å². The molecule has 2 aromatic heterocycles. The molecule has 0 saturated carbocycles. The molecule has 4 nitrogen and oxygen atoms in total. The molecule has 0 radical (unpaired) electrons. The van der Waals surface area contributed by atoms with Gasteiger partial charge in [0.2, 0.25) is 0 Å². The second-order valence-corrected chi connectivity index (χ2v) is 4.32. The molecule has 3 aromatic rings. The van der Waals surface area contributed by atoms with Crippen LogP contribution in [0.2, 0.25) is 0 Å². The van der Waals surface area contributed by atoms with Crippen molar-refractivity contribution in [2.45, 2.75) is 0 Å².